The van der Waals surface area contributed by atoms with Crippen LogP contribution < -0.4 is 10.1 Å². The van der Waals surface area contributed by atoms with E-state index in [2.05, 4.69) is 52.1 Å². The highest BCUT2D eigenvalue weighted by Gasteiger charge is 2.19. The van der Waals surface area contributed by atoms with Gasteiger partial charge in [0, 0.05) is 17.8 Å². The van der Waals surface area contributed by atoms with Crippen molar-refractivity contribution in [2.24, 2.45) is 0 Å². The number of aliphatic hydroxyl groups is 1. The second kappa shape index (κ2) is 6.29. The monoisotopic (exact) mass is 265 g/mol. The van der Waals surface area contributed by atoms with Crippen molar-refractivity contribution in [2.45, 2.75) is 52.5 Å². The fourth-order valence-electron chi connectivity index (χ4n) is 2.17. The van der Waals surface area contributed by atoms with Crippen molar-refractivity contribution < 1.29 is 9.84 Å². The number of ether oxygens (including phenoxy) is 1. The lowest BCUT2D eigenvalue weighted by atomic mass is 9.96. The van der Waals surface area contributed by atoms with Gasteiger partial charge in [-0.3, -0.25) is 0 Å². The number of aryl methyl sites for hydroxylation is 1. The maximum atomic E-state index is 9.11. The minimum Gasteiger partial charge on any atom is -0.496 e. The largest absolute Gasteiger partial charge is 0.496 e. The molecule has 19 heavy (non-hydrogen) atoms. The lowest BCUT2D eigenvalue weighted by Gasteiger charge is -2.29. The maximum absolute atomic E-state index is 9.11. The van der Waals surface area contributed by atoms with E-state index < -0.39 is 0 Å². The van der Waals surface area contributed by atoms with Gasteiger partial charge in [-0.15, -0.1) is 0 Å². The van der Waals surface area contributed by atoms with Gasteiger partial charge >= 0.3 is 0 Å². The molecule has 3 nitrogen and oxygen atoms in total. The SMILES string of the molecule is COc1cc(C)c(NC(C)(C)CCO)cc1C(C)C. The van der Waals surface area contributed by atoms with Crippen molar-refractivity contribution in [3.8, 4) is 5.75 Å². The average Bonchev–Trinajstić information content (AvgIpc) is 2.30. The summed E-state index contributed by atoms with van der Waals surface area (Å²) in [5, 5.41) is 12.6. The molecule has 0 fully saturated rings. The van der Waals surface area contributed by atoms with Crippen LogP contribution in [0.5, 0.6) is 5.75 Å². The third kappa shape index (κ3) is 4.13. The summed E-state index contributed by atoms with van der Waals surface area (Å²) < 4.78 is 5.45. The zero-order chi connectivity index (χ0) is 14.6. The number of hydrogen-bond donors (Lipinski definition) is 2. The molecule has 0 atom stereocenters. The van der Waals surface area contributed by atoms with Crippen LogP contribution >= 0.6 is 0 Å². The zero-order valence-corrected chi connectivity index (χ0v) is 13.0. The molecule has 0 unspecified atom stereocenters. The quantitative estimate of drug-likeness (QED) is 0.824. The highest BCUT2D eigenvalue weighted by Crippen LogP contribution is 2.33. The van der Waals surface area contributed by atoms with Gasteiger partial charge in [0.2, 0.25) is 0 Å². The molecule has 1 aromatic carbocycles. The molecule has 3 heteroatoms. The zero-order valence-electron chi connectivity index (χ0n) is 13.0. The number of hydrogen-bond acceptors (Lipinski definition) is 3. The van der Waals surface area contributed by atoms with Crippen LogP contribution in [-0.4, -0.2) is 24.4 Å². The molecule has 0 aliphatic carbocycles. The molecule has 2 N–H and O–H groups in total. The average molecular weight is 265 g/mol. The smallest absolute Gasteiger partial charge is 0.122 e. The van der Waals surface area contributed by atoms with Crippen molar-refractivity contribution in [1.82, 2.24) is 0 Å². The van der Waals surface area contributed by atoms with E-state index >= 15 is 0 Å². The van der Waals surface area contributed by atoms with Crippen molar-refractivity contribution in [3.05, 3.63) is 23.3 Å². The summed E-state index contributed by atoms with van der Waals surface area (Å²) in [6, 6.07) is 4.24. The molecule has 108 valence electrons. The van der Waals surface area contributed by atoms with E-state index in [1.807, 2.05) is 0 Å². The van der Waals surface area contributed by atoms with Crippen molar-refractivity contribution >= 4 is 5.69 Å². The molecule has 0 spiro atoms. The Morgan fingerprint density at radius 1 is 1.32 bits per heavy atom. The van der Waals surface area contributed by atoms with E-state index in [-0.39, 0.29) is 12.1 Å². The molecule has 0 aromatic heterocycles. The lowest BCUT2D eigenvalue weighted by molar-refractivity contribution is 0.261. The van der Waals surface area contributed by atoms with E-state index in [0.717, 1.165) is 23.4 Å². The normalized spacial score (nSPS) is 11.8. The van der Waals surface area contributed by atoms with Gasteiger partial charge in [-0.25, -0.2) is 0 Å². The van der Waals surface area contributed by atoms with Crippen LogP contribution in [-0.2, 0) is 0 Å². The van der Waals surface area contributed by atoms with Crippen molar-refractivity contribution in [1.29, 1.82) is 0 Å². The van der Waals surface area contributed by atoms with Crippen LogP contribution in [0.3, 0.4) is 0 Å². The first-order valence-electron chi connectivity index (χ1n) is 6.88. The third-order valence-corrected chi connectivity index (χ3v) is 3.41. The topological polar surface area (TPSA) is 41.5 Å². The van der Waals surface area contributed by atoms with E-state index in [9.17, 15) is 0 Å². The Balaban J connectivity index is 3.11. The highest BCUT2D eigenvalue weighted by molar-refractivity contribution is 5.59. The Hall–Kier alpha value is -1.22. The second-order valence-corrected chi connectivity index (χ2v) is 6.05. The first-order chi connectivity index (χ1) is 8.80. The molecule has 0 radical (unpaired) electrons. The molecule has 1 aromatic rings. The van der Waals surface area contributed by atoms with E-state index in [1.165, 1.54) is 5.56 Å². The van der Waals surface area contributed by atoms with E-state index in [1.54, 1.807) is 7.11 Å². The number of aliphatic hydroxyl groups excluding tert-OH is 1. The summed E-state index contributed by atoms with van der Waals surface area (Å²) in [6.45, 7) is 10.8. The number of nitrogens with one attached hydrogen (secondary N) is 1. The molecular weight excluding hydrogens is 238 g/mol. The Labute approximate surface area is 117 Å². The molecule has 0 aliphatic heterocycles. The number of methoxy groups -OCH3 is 1. The second-order valence-electron chi connectivity index (χ2n) is 6.05. The van der Waals surface area contributed by atoms with Crippen LogP contribution in [0.15, 0.2) is 12.1 Å². The Morgan fingerprint density at radius 3 is 2.42 bits per heavy atom. The molecule has 1 rings (SSSR count). The van der Waals surface area contributed by atoms with E-state index in [4.69, 9.17) is 9.84 Å². The number of anilines is 1. The first-order valence-corrected chi connectivity index (χ1v) is 6.88. The molecule has 0 amide bonds. The van der Waals surface area contributed by atoms with Gasteiger partial charge < -0.3 is 15.2 Å². The van der Waals surface area contributed by atoms with Gasteiger partial charge in [-0.05, 0) is 56.4 Å². The molecule has 0 saturated carbocycles. The fraction of sp³-hybridized carbons (Fsp3) is 0.625. The van der Waals surface area contributed by atoms with Crippen LogP contribution in [0.4, 0.5) is 5.69 Å². The number of rotatable bonds is 6. The highest BCUT2D eigenvalue weighted by atomic mass is 16.5. The Morgan fingerprint density at radius 2 is 1.95 bits per heavy atom. The molecule has 0 bridgehead atoms. The third-order valence-electron chi connectivity index (χ3n) is 3.41. The molecule has 0 saturated heterocycles. The Kier molecular flexibility index (Phi) is 5.24. The summed E-state index contributed by atoms with van der Waals surface area (Å²) in [5.74, 6) is 1.36. The summed E-state index contributed by atoms with van der Waals surface area (Å²) in [7, 11) is 1.71. The van der Waals surface area contributed by atoms with Crippen LogP contribution in [0.1, 0.15) is 51.2 Å². The number of benzene rings is 1. The minimum atomic E-state index is -0.123. The Bertz CT molecular complexity index is 425. The summed E-state index contributed by atoms with van der Waals surface area (Å²) in [6.07, 6.45) is 0.718. The van der Waals surface area contributed by atoms with E-state index in [0.29, 0.717) is 5.92 Å². The maximum Gasteiger partial charge on any atom is 0.122 e. The van der Waals surface area contributed by atoms with Gasteiger partial charge in [0.1, 0.15) is 5.75 Å². The predicted octanol–water partition coefficient (Wildman–Crippen LogP) is 3.70. The van der Waals surface area contributed by atoms with Crippen molar-refractivity contribution in [3.63, 3.8) is 0 Å². The lowest BCUT2D eigenvalue weighted by Crippen LogP contribution is -2.32. The fourth-order valence-corrected chi connectivity index (χ4v) is 2.17. The van der Waals surface area contributed by atoms with Crippen LogP contribution in [0, 0.1) is 6.92 Å². The predicted molar refractivity (Wildman–Crippen MR) is 81.2 cm³/mol. The van der Waals surface area contributed by atoms with Gasteiger partial charge in [0.15, 0.2) is 0 Å². The molecule has 0 heterocycles. The standard InChI is InChI=1S/C16H27NO2/c1-11(2)13-10-14(12(3)9-15(13)19-6)17-16(4,5)7-8-18/h9-11,17-18H,7-8H2,1-6H3. The molecular formula is C16H27NO2. The van der Waals surface area contributed by atoms with Gasteiger partial charge in [-0.1, -0.05) is 13.8 Å². The van der Waals surface area contributed by atoms with Gasteiger partial charge in [0.05, 0.1) is 7.11 Å². The van der Waals surface area contributed by atoms with Crippen molar-refractivity contribution in [2.75, 3.05) is 19.0 Å². The summed E-state index contributed by atoms with van der Waals surface area (Å²) in [4.78, 5) is 0. The summed E-state index contributed by atoms with van der Waals surface area (Å²) in [5.41, 5.74) is 3.35. The van der Waals surface area contributed by atoms with Gasteiger partial charge in [0.25, 0.3) is 0 Å². The minimum absolute atomic E-state index is 0.123. The van der Waals surface area contributed by atoms with Gasteiger partial charge in [-0.2, -0.15) is 0 Å². The first kappa shape index (κ1) is 15.8. The molecule has 0 aliphatic rings. The summed E-state index contributed by atoms with van der Waals surface area (Å²) >= 11 is 0. The van der Waals surface area contributed by atoms with Crippen LogP contribution in [0.25, 0.3) is 0 Å². The van der Waals surface area contributed by atoms with Crippen LogP contribution in [0.2, 0.25) is 0 Å².